The molecular weight excluding hydrogens is 466 g/mol. The van der Waals surface area contributed by atoms with Gasteiger partial charge in [0, 0.05) is 31.7 Å². The maximum Gasteiger partial charge on any atom is 0.407 e. The zero-order valence-electron chi connectivity index (χ0n) is 19.6. The number of halogens is 1. The number of carbonyl (C=O) groups is 3. The van der Waals surface area contributed by atoms with Gasteiger partial charge in [-0.05, 0) is 79.3 Å². The number of benzene rings is 2. The molecule has 2 heterocycles. The number of fused-ring (bicyclic) bond motifs is 1. The van der Waals surface area contributed by atoms with E-state index in [0.717, 1.165) is 49.7 Å². The van der Waals surface area contributed by atoms with Gasteiger partial charge in [-0.15, -0.1) is 0 Å². The van der Waals surface area contributed by atoms with Gasteiger partial charge in [0.05, 0.1) is 16.6 Å². The van der Waals surface area contributed by atoms with Crippen molar-refractivity contribution in [1.82, 2.24) is 15.1 Å². The Kier molecular flexibility index (Phi) is 6.45. The topological polar surface area (TPSA) is 90.0 Å². The molecule has 2 aliphatic heterocycles. The average molecular weight is 496 g/mol. The van der Waals surface area contributed by atoms with Crippen molar-refractivity contribution < 1.29 is 19.5 Å². The molecular formula is C27H30ClN3O4. The van der Waals surface area contributed by atoms with Crippen LogP contribution in [0, 0.1) is 5.41 Å². The van der Waals surface area contributed by atoms with Gasteiger partial charge in [-0.1, -0.05) is 29.8 Å². The van der Waals surface area contributed by atoms with Gasteiger partial charge in [-0.25, -0.2) is 4.79 Å². The van der Waals surface area contributed by atoms with Gasteiger partial charge in [-0.3, -0.25) is 9.59 Å². The van der Waals surface area contributed by atoms with Gasteiger partial charge in [-0.2, -0.15) is 0 Å². The highest BCUT2D eigenvalue weighted by Crippen LogP contribution is 2.40. The van der Waals surface area contributed by atoms with Crippen LogP contribution in [0.5, 0.6) is 0 Å². The molecule has 0 aromatic heterocycles. The summed E-state index contributed by atoms with van der Waals surface area (Å²) in [7, 11) is 0. The van der Waals surface area contributed by atoms with E-state index < -0.39 is 6.09 Å². The highest BCUT2D eigenvalue weighted by molar-refractivity contribution is 6.33. The fraction of sp³-hybridized carbons (Fsp3) is 0.444. The number of nitrogens with zero attached hydrogens (tertiary/aromatic N) is 2. The quantitative estimate of drug-likeness (QED) is 0.642. The molecule has 184 valence electrons. The molecule has 2 fully saturated rings. The number of aryl methyl sites for hydroxylation is 1. The molecule has 0 bridgehead atoms. The van der Waals surface area contributed by atoms with E-state index in [1.54, 1.807) is 24.3 Å². The van der Waals surface area contributed by atoms with Gasteiger partial charge < -0.3 is 20.2 Å². The third-order valence-electron chi connectivity index (χ3n) is 7.94. The van der Waals surface area contributed by atoms with E-state index in [4.69, 9.17) is 11.6 Å². The minimum absolute atomic E-state index is 0.00203. The fourth-order valence-electron chi connectivity index (χ4n) is 5.91. The van der Waals surface area contributed by atoms with Gasteiger partial charge in [0.2, 0.25) is 0 Å². The predicted molar refractivity (Wildman–Crippen MR) is 133 cm³/mol. The largest absolute Gasteiger partial charge is 0.465 e. The van der Waals surface area contributed by atoms with E-state index in [1.807, 2.05) is 23.1 Å². The Morgan fingerprint density at radius 1 is 1.00 bits per heavy atom. The number of nitrogens with one attached hydrogen (secondary N) is 1. The first-order valence-corrected chi connectivity index (χ1v) is 12.7. The second kappa shape index (κ2) is 9.53. The Labute approximate surface area is 210 Å². The predicted octanol–water partition coefficient (Wildman–Crippen LogP) is 4.75. The summed E-state index contributed by atoms with van der Waals surface area (Å²) in [6.45, 7) is 2.45. The monoisotopic (exact) mass is 495 g/mol. The number of amides is 3. The second-order valence-electron chi connectivity index (χ2n) is 10.1. The SMILES string of the molecule is O=C(NC1CCc2ccc(C(=O)N3CCCC4(CCN(C(=O)O)CC4)C3)cc21)c1ccccc1Cl. The van der Waals surface area contributed by atoms with Gasteiger partial charge in [0.15, 0.2) is 0 Å². The van der Waals surface area contributed by atoms with E-state index in [0.29, 0.717) is 42.3 Å². The molecule has 1 atom stereocenters. The molecule has 2 aromatic carbocycles. The van der Waals surface area contributed by atoms with Crippen LogP contribution in [0.1, 0.15) is 70.0 Å². The summed E-state index contributed by atoms with van der Waals surface area (Å²) in [5, 5.41) is 12.8. The van der Waals surface area contributed by atoms with Crippen molar-refractivity contribution in [2.45, 2.75) is 44.6 Å². The Hall–Kier alpha value is -3.06. The minimum atomic E-state index is -0.863. The molecule has 1 spiro atoms. The van der Waals surface area contributed by atoms with Crippen LogP contribution in [-0.4, -0.2) is 59.0 Å². The molecule has 5 rings (SSSR count). The summed E-state index contributed by atoms with van der Waals surface area (Å²) in [5.41, 5.74) is 3.24. The van der Waals surface area contributed by atoms with E-state index in [9.17, 15) is 19.5 Å². The fourth-order valence-corrected chi connectivity index (χ4v) is 6.13. The Balaban J connectivity index is 1.29. The van der Waals surface area contributed by atoms with Crippen LogP contribution in [0.4, 0.5) is 4.79 Å². The van der Waals surface area contributed by atoms with E-state index >= 15 is 0 Å². The lowest BCUT2D eigenvalue weighted by atomic mass is 9.72. The summed E-state index contributed by atoms with van der Waals surface area (Å²) >= 11 is 6.20. The zero-order valence-corrected chi connectivity index (χ0v) is 20.4. The summed E-state index contributed by atoms with van der Waals surface area (Å²) in [4.78, 5) is 41.0. The van der Waals surface area contributed by atoms with Crippen LogP contribution >= 0.6 is 11.6 Å². The first-order chi connectivity index (χ1) is 16.8. The van der Waals surface area contributed by atoms with Crippen LogP contribution in [0.2, 0.25) is 5.02 Å². The zero-order chi connectivity index (χ0) is 24.6. The smallest absolute Gasteiger partial charge is 0.407 e. The van der Waals surface area contributed by atoms with Crippen LogP contribution < -0.4 is 5.32 Å². The van der Waals surface area contributed by atoms with Crippen LogP contribution in [0.25, 0.3) is 0 Å². The number of hydrogen-bond acceptors (Lipinski definition) is 3. The number of piperidine rings is 2. The van der Waals surface area contributed by atoms with Crippen LogP contribution in [0.3, 0.4) is 0 Å². The standard InChI is InChI=1S/C27H30ClN3O4/c28-22-5-2-1-4-20(22)24(32)29-23-9-8-18-6-7-19(16-21(18)23)25(33)31-13-3-10-27(17-31)11-14-30(15-12-27)26(34)35/h1-2,4-7,16,23H,3,8-15,17H2,(H,29,32)(H,34,35). The summed E-state index contributed by atoms with van der Waals surface area (Å²) < 4.78 is 0. The second-order valence-corrected chi connectivity index (χ2v) is 10.5. The highest BCUT2D eigenvalue weighted by Gasteiger charge is 2.41. The molecule has 2 N–H and O–H groups in total. The lowest BCUT2D eigenvalue weighted by molar-refractivity contribution is 0.0228. The third kappa shape index (κ3) is 4.74. The van der Waals surface area contributed by atoms with Crippen molar-refractivity contribution in [1.29, 1.82) is 0 Å². The first-order valence-electron chi connectivity index (χ1n) is 12.3. The van der Waals surface area contributed by atoms with Crippen molar-refractivity contribution >= 4 is 29.5 Å². The van der Waals surface area contributed by atoms with E-state index in [-0.39, 0.29) is 23.3 Å². The molecule has 3 amide bonds. The molecule has 1 unspecified atom stereocenters. The molecule has 8 heteroatoms. The lowest BCUT2D eigenvalue weighted by Gasteiger charge is -2.47. The van der Waals surface area contributed by atoms with Crippen molar-refractivity contribution in [3.8, 4) is 0 Å². The lowest BCUT2D eigenvalue weighted by Crippen LogP contribution is -2.51. The molecule has 2 aromatic rings. The number of rotatable bonds is 3. The van der Waals surface area contributed by atoms with E-state index in [2.05, 4.69) is 5.32 Å². The van der Waals surface area contributed by atoms with Crippen LogP contribution in [0.15, 0.2) is 42.5 Å². The summed E-state index contributed by atoms with van der Waals surface area (Å²) in [6.07, 6.45) is 4.33. The highest BCUT2D eigenvalue weighted by atomic mass is 35.5. The molecule has 7 nitrogen and oxygen atoms in total. The minimum Gasteiger partial charge on any atom is -0.465 e. The number of carboxylic acid groups (broad SMARTS) is 1. The summed E-state index contributed by atoms with van der Waals surface area (Å²) in [6, 6.07) is 12.7. The van der Waals surface area contributed by atoms with Crippen molar-refractivity contribution in [3.05, 3.63) is 69.7 Å². The first kappa shape index (κ1) is 23.7. The number of carbonyl (C=O) groups excluding carboxylic acids is 2. The molecule has 0 saturated carbocycles. The Morgan fingerprint density at radius 2 is 1.77 bits per heavy atom. The van der Waals surface area contributed by atoms with Gasteiger partial charge >= 0.3 is 6.09 Å². The number of likely N-dealkylation sites (tertiary alicyclic amines) is 2. The van der Waals surface area contributed by atoms with Gasteiger partial charge in [0.25, 0.3) is 11.8 Å². The summed E-state index contributed by atoms with van der Waals surface area (Å²) in [5.74, 6) is -0.202. The Bertz CT molecular complexity index is 1160. The maximum absolute atomic E-state index is 13.5. The van der Waals surface area contributed by atoms with Gasteiger partial charge in [0.1, 0.15) is 0 Å². The van der Waals surface area contributed by atoms with E-state index in [1.165, 1.54) is 4.90 Å². The van der Waals surface area contributed by atoms with Crippen molar-refractivity contribution in [2.75, 3.05) is 26.2 Å². The molecule has 3 aliphatic rings. The molecule has 35 heavy (non-hydrogen) atoms. The maximum atomic E-state index is 13.5. The molecule has 2 saturated heterocycles. The average Bonchev–Trinajstić information content (AvgIpc) is 3.26. The normalized spacial score (nSPS) is 21.0. The van der Waals surface area contributed by atoms with Crippen LogP contribution in [-0.2, 0) is 6.42 Å². The Morgan fingerprint density at radius 3 is 2.51 bits per heavy atom. The number of hydrogen-bond donors (Lipinski definition) is 2. The third-order valence-corrected chi connectivity index (χ3v) is 8.27. The molecule has 1 aliphatic carbocycles. The van der Waals surface area contributed by atoms with Crippen molar-refractivity contribution in [3.63, 3.8) is 0 Å². The van der Waals surface area contributed by atoms with Crippen molar-refractivity contribution in [2.24, 2.45) is 5.41 Å². The molecule has 0 radical (unpaired) electrons.